The van der Waals surface area contributed by atoms with E-state index in [0.717, 1.165) is 22.7 Å². The summed E-state index contributed by atoms with van der Waals surface area (Å²) in [6.45, 7) is 17.6. The van der Waals surface area contributed by atoms with Crippen molar-refractivity contribution in [1.82, 2.24) is 15.0 Å². The predicted molar refractivity (Wildman–Crippen MR) is 241 cm³/mol. The van der Waals surface area contributed by atoms with Gasteiger partial charge in [0.2, 0.25) is 23.5 Å². The Kier molecular flexibility index (Phi) is 16.4. The Morgan fingerprint density at radius 2 is 1.30 bits per heavy atom. The Labute approximate surface area is 370 Å². The highest BCUT2D eigenvalue weighted by molar-refractivity contribution is 7.86. The molecule has 0 atom stereocenters. The van der Waals surface area contributed by atoms with Crippen LogP contribution >= 0.6 is 22.7 Å². The molecule has 21 nitrogen and oxygen atoms in total. The van der Waals surface area contributed by atoms with Crippen LogP contribution in [0.2, 0.25) is 0 Å². The minimum absolute atomic E-state index is 0.00260. The van der Waals surface area contributed by atoms with Crippen LogP contribution in [0.15, 0.2) is 67.8 Å². The van der Waals surface area contributed by atoms with Gasteiger partial charge in [-0.25, -0.2) is 4.85 Å². The number of hydrogen-bond acceptors (Lipinski definition) is 21. The van der Waals surface area contributed by atoms with E-state index in [0.29, 0.717) is 65.7 Å². The van der Waals surface area contributed by atoms with E-state index in [9.17, 15) is 38.0 Å². The summed E-state index contributed by atoms with van der Waals surface area (Å²) in [7, 11) is -4.96. The summed E-state index contributed by atoms with van der Waals surface area (Å²) < 4.78 is 34.0. The first-order valence-corrected chi connectivity index (χ1v) is 22.3. The van der Waals surface area contributed by atoms with Gasteiger partial charge in [-0.2, -0.15) is 33.7 Å². The number of hydrogen-bond donors (Lipinski definition) is 5. The largest absolute Gasteiger partial charge is 0.395 e. The van der Waals surface area contributed by atoms with E-state index in [4.69, 9.17) is 6.57 Å². The number of aliphatic hydroxyl groups is 2. The second-order valence-electron chi connectivity index (χ2n) is 12.9. The summed E-state index contributed by atoms with van der Waals surface area (Å²) in [6.07, 6.45) is 0.837. The molecule has 0 spiro atoms. The molecule has 0 unspecified atom stereocenters. The van der Waals surface area contributed by atoms with Crippen molar-refractivity contribution in [3.8, 4) is 6.07 Å². The van der Waals surface area contributed by atoms with Crippen molar-refractivity contribution in [3.05, 3.63) is 69.2 Å². The van der Waals surface area contributed by atoms with Crippen LogP contribution in [0.3, 0.4) is 0 Å². The average molecular weight is 915 g/mol. The normalized spacial score (nSPS) is 11.4. The standard InChI is InChI=1S/C39H42N14O7S3/c1-6-51(7-2)24-10-12-28(47-49-35-27(21-40)34(63(58,59)60)33(23-57)62-35)30(18-24)42-37-44-38(46-39(45-37)53(14-16-54)15-17-55)43-31-19-25(52(8-3)9-4)11-13-29(31)48-50-36-32(41-5)20-26(22-56)61-36/h10-13,18-20,22-23,54-55H,6-9,14-17H2,1-4H3,(H,58,59,60)(H2,42,43,44,45,46). The van der Waals surface area contributed by atoms with Gasteiger partial charge < -0.3 is 35.5 Å². The highest BCUT2D eigenvalue weighted by atomic mass is 32.2. The van der Waals surface area contributed by atoms with Crippen molar-refractivity contribution < 1.29 is 32.8 Å². The lowest BCUT2D eigenvalue weighted by Gasteiger charge is -2.24. The number of aromatic nitrogens is 3. The quantitative estimate of drug-likeness (QED) is 0.0190. The van der Waals surface area contributed by atoms with Crippen LogP contribution in [0, 0.1) is 17.9 Å². The lowest BCUT2D eigenvalue weighted by atomic mass is 10.2. The molecule has 0 amide bonds. The SMILES string of the molecule is [C-]#[N+]c1cc(C=O)sc1N=Nc1ccc(N(CC)CC)cc1Nc1nc(Nc2cc(N(CC)CC)ccc2N=Nc2sc(C=O)c(S(=O)(=O)O)c2C#N)nc(N(CCO)CCO)n1. The highest BCUT2D eigenvalue weighted by Crippen LogP contribution is 2.42. The number of aliphatic hydroxyl groups excluding tert-OH is 2. The Bertz CT molecular complexity index is 2690. The fourth-order valence-electron chi connectivity index (χ4n) is 6.13. The Hall–Kier alpha value is -6.80. The highest BCUT2D eigenvalue weighted by Gasteiger charge is 2.27. The number of anilines is 7. The molecule has 0 fully saturated rings. The number of nitrogens with one attached hydrogen (secondary N) is 2. The summed E-state index contributed by atoms with van der Waals surface area (Å²) in [4.78, 5) is 45.3. The molecule has 0 bridgehead atoms. The molecule has 0 aliphatic heterocycles. The summed E-state index contributed by atoms with van der Waals surface area (Å²) in [5, 5.41) is 53.3. The molecule has 0 aliphatic carbocycles. The summed E-state index contributed by atoms with van der Waals surface area (Å²) in [5.74, 6) is 0.0199. The van der Waals surface area contributed by atoms with Gasteiger partial charge >= 0.3 is 0 Å². The molecule has 328 valence electrons. The number of rotatable bonds is 22. The lowest BCUT2D eigenvalue weighted by molar-refractivity contribution is 0.111. The van der Waals surface area contributed by atoms with Gasteiger partial charge in [-0.15, -0.1) is 38.0 Å². The fraction of sp³-hybridized carbons (Fsp3) is 0.308. The number of thiophene rings is 2. The zero-order chi connectivity index (χ0) is 45.7. The minimum atomic E-state index is -4.96. The van der Waals surface area contributed by atoms with E-state index in [1.54, 1.807) is 35.2 Å². The third-order valence-corrected chi connectivity index (χ3v) is 12.2. The first kappa shape index (κ1) is 47.3. The molecule has 5 N–H and O–H groups in total. The van der Waals surface area contributed by atoms with Gasteiger partial charge in [-0.3, -0.25) is 14.1 Å². The van der Waals surface area contributed by atoms with Crippen LogP contribution < -0.4 is 25.3 Å². The molecule has 0 saturated heterocycles. The smallest absolute Gasteiger partial charge is 0.297 e. The number of aldehydes is 2. The number of carbonyl (C=O) groups excluding carboxylic acids is 2. The molecular weight excluding hydrogens is 873 g/mol. The lowest BCUT2D eigenvalue weighted by Crippen LogP contribution is -2.31. The maximum absolute atomic E-state index is 12.1. The van der Waals surface area contributed by atoms with Gasteiger partial charge in [0.05, 0.1) is 40.9 Å². The van der Waals surface area contributed by atoms with E-state index in [-0.39, 0.29) is 71.8 Å². The van der Waals surface area contributed by atoms with Gasteiger partial charge in [-0.05, 0) is 70.2 Å². The monoisotopic (exact) mass is 914 g/mol. The van der Waals surface area contributed by atoms with Gasteiger partial charge in [0, 0.05) is 50.6 Å². The van der Waals surface area contributed by atoms with Gasteiger partial charge in [0.25, 0.3) is 10.1 Å². The molecule has 5 rings (SSSR count). The van der Waals surface area contributed by atoms with E-state index in [2.05, 4.69) is 60.7 Å². The van der Waals surface area contributed by atoms with E-state index >= 15 is 0 Å². The Morgan fingerprint density at radius 3 is 1.73 bits per heavy atom. The predicted octanol–water partition coefficient (Wildman–Crippen LogP) is 8.09. The topological polar surface area (TPSA) is 279 Å². The van der Waals surface area contributed by atoms with Crippen LogP contribution in [0.1, 0.15) is 52.6 Å². The molecule has 0 radical (unpaired) electrons. The van der Waals surface area contributed by atoms with Crippen LogP contribution in [-0.2, 0) is 10.1 Å². The molecular formula is C39H42N14O7S3. The zero-order valence-corrected chi connectivity index (χ0v) is 36.9. The fourth-order valence-corrected chi connectivity index (χ4v) is 8.85. The number of nitrogens with zero attached hydrogens (tertiary/aromatic N) is 12. The number of carbonyl (C=O) groups is 2. The number of nitriles is 1. The third-order valence-electron chi connectivity index (χ3n) is 9.15. The Morgan fingerprint density at radius 1 is 0.778 bits per heavy atom. The summed E-state index contributed by atoms with van der Waals surface area (Å²) in [6, 6.07) is 13.7. The van der Waals surface area contributed by atoms with Crippen molar-refractivity contribution in [2.24, 2.45) is 20.5 Å². The molecule has 3 aromatic heterocycles. The molecule has 0 aliphatic rings. The number of benzene rings is 2. The third kappa shape index (κ3) is 11.4. The maximum atomic E-state index is 12.1. The van der Waals surface area contributed by atoms with E-state index in [1.807, 2.05) is 39.8 Å². The van der Waals surface area contributed by atoms with Gasteiger partial charge in [-0.1, -0.05) is 0 Å². The van der Waals surface area contributed by atoms with Crippen LogP contribution in [0.5, 0.6) is 0 Å². The first-order chi connectivity index (χ1) is 30.4. The van der Waals surface area contributed by atoms with Crippen LogP contribution in [-0.4, -0.2) is 103 Å². The average Bonchev–Trinajstić information content (AvgIpc) is 3.87. The van der Waals surface area contributed by atoms with Crippen molar-refractivity contribution in [2.75, 3.05) is 77.8 Å². The number of azo groups is 2. The van der Waals surface area contributed by atoms with E-state index < -0.39 is 25.5 Å². The Balaban J connectivity index is 1.67. The van der Waals surface area contributed by atoms with Crippen molar-refractivity contribution in [2.45, 2.75) is 32.6 Å². The van der Waals surface area contributed by atoms with Crippen LogP contribution in [0.25, 0.3) is 4.85 Å². The van der Waals surface area contributed by atoms with Crippen molar-refractivity contribution >= 4 is 113 Å². The molecule has 5 aromatic rings. The van der Waals surface area contributed by atoms with Gasteiger partial charge in [0.1, 0.15) is 32.9 Å². The van der Waals surface area contributed by atoms with E-state index in [1.165, 1.54) is 6.07 Å². The van der Waals surface area contributed by atoms with Crippen molar-refractivity contribution in [1.29, 1.82) is 5.26 Å². The van der Waals surface area contributed by atoms with Crippen LogP contribution in [0.4, 0.5) is 67.7 Å². The molecule has 2 aromatic carbocycles. The second-order valence-corrected chi connectivity index (χ2v) is 16.3. The van der Waals surface area contributed by atoms with Crippen molar-refractivity contribution in [3.63, 3.8) is 0 Å². The van der Waals surface area contributed by atoms with Gasteiger partial charge in [0.15, 0.2) is 17.6 Å². The maximum Gasteiger partial charge on any atom is 0.297 e. The molecule has 24 heteroatoms. The summed E-state index contributed by atoms with van der Waals surface area (Å²) in [5.41, 5.74) is 2.41. The first-order valence-electron chi connectivity index (χ1n) is 19.2. The summed E-state index contributed by atoms with van der Waals surface area (Å²) >= 11 is 1.58. The molecule has 63 heavy (non-hydrogen) atoms. The molecule has 0 saturated carbocycles. The zero-order valence-electron chi connectivity index (χ0n) is 34.4. The second kappa shape index (κ2) is 21.8. The molecule has 3 heterocycles. The minimum Gasteiger partial charge on any atom is -0.395 e.